The minimum absolute atomic E-state index is 0.115. The molecule has 0 amide bonds. The molecule has 2 aromatic heterocycles. The van der Waals surface area contributed by atoms with Crippen LogP contribution in [0.1, 0.15) is 17.0 Å². The first kappa shape index (κ1) is 20.8. The van der Waals surface area contributed by atoms with Gasteiger partial charge in [-0.15, -0.1) is 0 Å². The van der Waals surface area contributed by atoms with Crippen LogP contribution in [0.5, 0.6) is 5.75 Å². The molecule has 2 aromatic carbocycles. The van der Waals surface area contributed by atoms with E-state index in [1.165, 1.54) is 25.3 Å². The van der Waals surface area contributed by atoms with Crippen LogP contribution in [-0.2, 0) is 10.0 Å². The second-order valence-corrected chi connectivity index (χ2v) is 8.94. The summed E-state index contributed by atoms with van der Waals surface area (Å²) in [6.45, 7) is 5.53. The first-order valence-electron chi connectivity index (χ1n) is 9.49. The zero-order valence-corrected chi connectivity index (χ0v) is 18.3. The normalized spacial score (nSPS) is 11.6. The molecule has 0 radical (unpaired) electrons. The average molecular weight is 441 g/mol. The van der Waals surface area contributed by atoms with Crippen molar-refractivity contribution in [1.29, 1.82) is 0 Å². The van der Waals surface area contributed by atoms with Gasteiger partial charge in [0.1, 0.15) is 16.5 Å². The third kappa shape index (κ3) is 3.84. The van der Waals surface area contributed by atoms with Gasteiger partial charge in [0.25, 0.3) is 10.0 Å². The lowest BCUT2D eigenvalue weighted by Gasteiger charge is -2.14. The second-order valence-electron chi connectivity index (χ2n) is 7.29. The van der Waals surface area contributed by atoms with Gasteiger partial charge in [-0.1, -0.05) is 12.1 Å². The Labute approximate surface area is 179 Å². The highest BCUT2D eigenvalue weighted by molar-refractivity contribution is 7.92. The number of fused-ring (bicyclic) bond motifs is 1. The highest BCUT2D eigenvalue weighted by Gasteiger charge is 2.23. The Hall–Kier alpha value is -3.46. The van der Waals surface area contributed by atoms with Crippen LogP contribution in [0.15, 0.2) is 53.6 Å². The van der Waals surface area contributed by atoms with E-state index in [4.69, 9.17) is 4.74 Å². The molecule has 0 atom stereocenters. The molecule has 1 N–H and O–H groups in total. The van der Waals surface area contributed by atoms with E-state index in [-0.39, 0.29) is 16.3 Å². The summed E-state index contributed by atoms with van der Waals surface area (Å²) >= 11 is 0. The zero-order valence-electron chi connectivity index (χ0n) is 17.5. The maximum Gasteiger partial charge on any atom is 0.265 e. The quantitative estimate of drug-likeness (QED) is 0.501. The molecule has 9 heteroatoms. The average Bonchev–Trinajstić information content (AvgIpc) is 3.13. The van der Waals surface area contributed by atoms with Crippen molar-refractivity contribution in [2.45, 2.75) is 25.7 Å². The summed E-state index contributed by atoms with van der Waals surface area (Å²) in [6, 6.07) is 11.0. The largest absolute Gasteiger partial charge is 0.495 e. The van der Waals surface area contributed by atoms with Crippen LogP contribution in [0.4, 0.5) is 10.1 Å². The van der Waals surface area contributed by atoms with Gasteiger partial charge in [-0.3, -0.25) is 4.72 Å². The molecule has 2 heterocycles. The Bertz CT molecular complexity index is 1410. The van der Waals surface area contributed by atoms with Gasteiger partial charge in [0.2, 0.25) is 0 Å². The maximum absolute atomic E-state index is 14.3. The number of nitrogens with one attached hydrogen (secondary N) is 1. The van der Waals surface area contributed by atoms with E-state index in [9.17, 15) is 12.8 Å². The Morgan fingerprint density at radius 1 is 1.06 bits per heavy atom. The number of aryl methyl sites for hydroxylation is 3. The lowest BCUT2D eigenvalue weighted by atomic mass is 10.1. The molecule has 0 saturated heterocycles. The van der Waals surface area contributed by atoms with Crippen LogP contribution in [0.3, 0.4) is 0 Å². The van der Waals surface area contributed by atoms with Crippen LogP contribution in [-0.4, -0.2) is 30.1 Å². The summed E-state index contributed by atoms with van der Waals surface area (Å²) in [7, 11) is -2.76. The molecular formula is C22H21FN4O3S. The number of methoxy groups -OCH3 is 1. The van der Waals surface area contributed by atoms with Crippen LogP contribution >= 0.6 is 0 Å². The molecule has 0 aliphatic heterocycles. The molecule has 160 valence electrons. The summed E-state index contributed by atoms with van der Waals surface area (Å²) in [4.78, 5) is 4.43. The topological polar surface area (TPSA) is 85.6 Å². The van der Waals surface area contributed by atoms with Gasteiger partial charge in [0.05, 0.1) is 19.0 Å². The standard InChI is InChI=1S/C22H21FN4O3S/c1-13-5-7-19(18(23)9-13)26-31(28,29)21-11-16(6-8-20(21)30-4)17-12-24-27-15(3)10-14(2)25-22(17)27/h5-12,26H,1-4H3. The first-order chi connectivity index (χ1) is 14.7. The molecule has 0 spiro atoms. The lowest BCUT2D eigenvalue weighted by molar-refractivity contribution is 0.403. The molecule has 7 nitrogen and oxygen atoms in total. The fraction of sp³-hybridized carbons (Fsp3) is 0.182. The second kappa shape index (κ2) is 7.66. The number of nitrogens with zero attached hydrogens (tertiary/aromatic N) is 3. The molecular weight excluding hydrogens is 419 g/mol. The van der Waals surface area contributed by atoms with Crippen molar-refractivity contribution >= 4 is 21.4 Å². The van der Waals surface area contributed by atoms with Crippen LogP contribution in [0.2, 0.25) is 0 Å². The summed E-state index contributed by atoms with van der Waals surface area (Å²) in [5, 5.41) is 4.37. The summed E-state index contributed by atoms with van der Waals surface area (Å²) in [5.41, 5.74) is 4.17. The summed E-state index contributed by atoms with van der Waals surface area (Å²) in [6.07, 6.45) is 1.64. The molecule has 31 heavy (non-hydrogen) atoms. The predicted octanol–water partition coefficient (Wildman–Crippen LogP) is 4.27. The smallest absolute Gasteiger partial charge is 0.265 e. The molecule has 0 saturated carbocycles. The van der Waals surface area contributed by atoms with Crippen LogP contribution in [0, 0.1) is 26.6 Å². The highest BCUT2D eigenvalue weighted by atomic mass is 32.2. The molecule has 0 aliphatic carbocycles. The van der Waals surface area contributed by atoms with Crippen molar-refractivity contribution in [3.05, 3.63) is 71.4 Å². The van der Waals surface area contributed by atoms with Gasteiger partial charge in [-0.25, -0.2) is 22.3 Å². The lowest BCUT2D eigenvalue weighted by Crippen LogP contribution is -2.15. The maximum atomic E-state index is 14.3. The number of hydrogen-bond acceptors (Lipinski definition) is 5. The van der Waals surface area contributed by atoms with E-state index in [1.807, 2.05) is 19.9 Å². The van der Waals surface area contributed by atoms with Crippen molar-refractivity contribution in [3.8, 4) is 16.9 Å². The predicted molar refractivity (Wildman–Crippen MR) is 116 cm³/mol. The van der Waals surface area contributed by atoms with Crippen molar-refractivity contribution in [2.24, 2.45) is 0 Å². The fourth-order valence-electron chi connectivity index (χ4n) is 3.43. The van der Waals surface area contributed by atoms with Gasteiger partial charge in [0.15, 0.2) is 5.65 Å². The number of sulfonamides is 1. The molecule has 0 unspecified atom stereocenters. The van der Waals surface area contributed by atoms with Gasteiger partial charge < -0.3 is 4.74 Å². The van der Waals surface area contributed by atoms with E-state index < -0.39 is 15.8 Å². The van der Waals surface area contributed by atoms with Crippen molar-refractivity contribution in [1.82, 2.24) is 14.6 Å². The Kier molecular flexibility index (Phi) is 5.14. The summed E-state index contributed by atoms with van der Waals surface area (Å²) < 4.78 is 49.8. The van der Waals surface area contributed by atoms with E-state index in [0.29, 0.717) is 22.3 Å². The van der Waals surface area contributed by atoms with Crippen molar-refractivity contribution in [2.75, 3.05) is 11.8 Å². The molecule has 0 fully saturated rings. The fourth-order valence-corrected chi connectivity index (χ4v) is 4.69. The third-order valence-electron chi connectivity index (χ3n) is 4.91. The highest BCUT2D eigenvalue weighted by Crippen LogP contribution is 2.33. The monoisotopic (exact) mass is 440 g/mol. The molecule has 4 rings (SSSR count). The van der Waals surface area contributed by atoms with E-state index in [1.54, 1.807) is 35.8 Å². The summed E-state index contributed by atoms with van der Waals surface area (Å²) in [5.74, 6) is -0.517. The minimum atomic E-state index is -4.14. The number of anilines is 1. The SMILES string of the molecule is COc1ccc(-c2cnn3c(C)cc(C)nc23)cc1S(=O)(=O)Nc1ccc(C)cc1F. The van der Waals surface area contributed by atoms with E-state index >= 15 is 0 Å². The van der Waals surface area contributed by atoms with Gasteiger partial charge in [-0.05, 0) is 62.2 Å². The number of ether oxygens (including phenoxy) is 1. The number of halogens is 1. The Morgan fingerprint density at radius 3 is 2.55 bits per heavy atom. The minimum Gasteiger partial charge on any atom is -0.495 e. The van der Waals surface area contributed by atoms with Crippen LogP contribution in [0.25, 0.3) is 16.8 Å². The third-order valence-corrected chi connectivity index (χ3v) is 6.30. The Morgan fingerprint density at radius 2 is 1.84 bits per heavy atom. The molecule has 4 aromatic rings. The molecule has 0 bridgehead atoms. The van der Waals surface area contributed by atoms with Crippen molar-refractivity contribution in [3.63, 3.8) is 0 Å². The van der Waals surface area contributed by atoms with Crippen molar-refractivity contribution < 1.29 is 17.5 Å². The molecule has 0 aliphatic rings. The first-order valence-corrected chi connectivity index (χ1v) is 11.0. The zero-order chi connectivity index (χ0) is 22.3. The van der Waals surface area contributed by atoms with E-state index in [0.717, 1.165) is 11.4 Å². The van der Waals surface area contributed by atoms with Gasteiger partial charge >= 0.3 is 0 Å². The van der Waals surface area contributed by atoms with Gasteiger partial charge in [-0.2, -0.15) is 5.10 Å². The van der Waals surface area contributed by atoms with Crippen LogP contribution < -0.4 is 9.46 Å². The van der Waals surface area contributed by atoms with E-state index in [2.05, 4.69) is 14.8 Å². The van der Waals surface area contributed by atoms with Gasteiger partial charge in [0, 0.05) is 17.0 Å². The number of hydrogen-bond donors (Lipinski definition) is 1. The number of rotatable bonds is 5. The Balaban J connectivity index is 1.83. The number of aromatic nitrogens is 3. The number of benzene rings is 2.